The van der Waals surface area contributed by atoms with Crippen LogP contribution < -0.4 is 9.47 Å². The van der Waals surface area contributed by atoms with Crippen LogP contribution in [0.1, 0.15) is 59.6 Å². The van der Waals surface area contributed by atoms with Gasteiger partial charge in [-0.2, -0.15) is 8.61 Å². The molecule has 0 aromatic heterocycles. The SMILES string of the molecule is COc1ccc(S(=O)(=O)N2CCN(S(=O)(=O)c3ccc(OC)c(C(C)(C)C)c3)C(C)C2)cc1C(C)(C)C. The molecule has 1 aliphatic heterocycles. The molecule has 1 saturated heterocycles. The van der Waals surface area contributed by atoms with Gasteiger partial charge in [0.2, 0.25) is 20.0 Å². The molecule has 0 aliphatic carbocycles. The van der Waals surface area contributed by atoms with E-state index in [2.05, 4.69) is 0 Å². The van der Waals surface area contributed by atoms with E-state index in [0.29, 0.717) is 11.5 Å². The largest absolute Gasteiger partial charge is 0.496 e. The monoisotopic (exact) mass is 552 g/mol. The molecule has 3 rings (SSSR count). The summed E-state index contributed by atoms with van der Waals surface area (Å²) in [5.74, 6) is 1.26. The van der Waals surface area contributed by atoms with Crippen LogP contribution in [0.4, 0.5) is 0 Å². The van der Waals surface area contributed by atoms with Crippen LogP contribution in [-0.2, 0) is 30.9 Å². The van der Waals surface area contributed by atoms with Gasteiger partial charge in [0.15, 0.2) is 0 Å². The number of nitrogens with zero attached hydrogens (tertiary/aromatic N) is 2. The quantitative estimate of drug-likeness (QED) is 0.528. The van der Waals surface area contributed by atoms with Gasteiger partial charge >= 0.3 is 0 Å². The normalized spacial score (nSPS) is 18.6. The standard InChI is InChI=1S/C27H40N2O6S2/c1-19-18-28(36(30,31)20-10-12-24(34-8)22(16-20)26(2,3)4)14-15-29(19)37(32,33)21-11-13-25(35-9)23(17-21)27(5,6)7/h10-13,16-17,19H,14-15,18H2,1-9H3. The maximum atomic E-state index is 13.6. The molecule has 1 fully saturated rings. The van der Waals surface area contributed by atoms with Crippen LogP contribution in [0.15, 0.2) is 46.2 Å². The predicted octanol–water partition coefficient (Wildman–Crippen LogP) is 4.38. The molecule has 1 unspecified atom stereocenters. The minimum absolute atomic E-state index is 0.0563. The highest BCUT2D eigenvalue weighted by Gasteiger charge is 2.39. The molecule has 0 radical (unpaired) electrons. The van der Waals surface area contributed by atoms with E-state index >= 15 is 0 Å². The molecule has 2 aromatic rings. The Bertz CT molecular complexity index is 1360. The molecule has 10 heteroatoms. The smallest absolute Gasteiger partial charge is 0.243 e. The lowest BCUT2D eigenvalue weighted by Crippen LogP contribution is -2.55. The summed E-state index contributed by atoms with van der Waals surface area (Å²) in [6.07, 6.45) is 0. The fourth-order valence-electron chi connectivity index (χ4n) is 4.63. The van der Waals surface area contributed by atoms with Gasteiger partial charge in [-0.25, -0.2) is 16.8 Å². The van der Waals surface area contributed by atoms with Crippen molar-refractivity contribution in [1.29, 1.82) is 0 Å². The number of benzene rings is 2. The Hall–Kier alpha value is -2.14. The lowest BCUT2D eigenvalue weighted by Gasteiger charge is -2.38. The van der Waals surface area contributed by atoms with Crippen LogP contribution in [-0.4, -0.2) is 65.3 Å². The number of rotatable bonds is 6. The topological polar surface area (TPSA) is 93.2 Å². The Kier molecular flexibility index (Phi) is 8.11. The fraction of sp³-hybridized carbons (Fsp3) is 0.556. The van der Waals surface area contributed by atoms with Gasteiger partial charge in [0.1, 0.15) is 11.5 Å². The molecular formula is C27H40N2O6S2. The van der Waals surface area contributed by atoms with Gasteiger partial charge in [0.05, 0.1) is 24.0 Å². The van der Waals surface area contributed by atoms with Gasteiger partial charge in [0, 0.05) is 36.8 Å². The van der Waals surface area contributed by atoms with E-state index in [1.54, 1.807) is 57.5 Å². The first-order valence-electron chi connectivity index (χ1n) is 12.3. The van der Waals surface area contributed by atoms with Gasteiger partial charge < -0.3 is 9.47 Å². The zero-order valence-electron chi connectivity index (χ0n) is 23.3. The summed E-state index contributed by atoms with van der Waals surface area (Å²) < 4.78 is 68.1. The summed E-state index contributed by atoms with van der Waals surface area (Å²) >= 11 is 0. The van der Waals surface area contributed by atoms with E-state index in [4.69, 9.17) is 9.47 Å². The number of methoxy groups -OCH3 is 2. The van der Waals surface area contributed by atoms with Crippen LogP contribution in [0.5, 0.6) is 11.5 Å². The van der Waals surface area contributed by atoms with Crippen molar-refractivity contribution >= 4 is 20.0 Å². The Morgan fingerprint density at radius 2 is 1.16 bits per heavy atom. The highest BCUT2D eigenvalue weighted by molar-refractivity contribution is 7.89. The summed E-state index contributed by atoms with van der Waals surface area (Å²) in [6, 6.07) is 9.22. The molecule has 0 saturated carbocycles. The summed E-state index contributed by atoms with van der Waals surface area (Å²) in [6.45, 7) is 13.9. The van der Waals surface area contributed by atoms with Crippen molar-refractivity contribution in [2.24, 2.45) is 0 Å². The van der Waals surface area contributed by atoms with Crippen LogP contribution in [0.25, 0.3) is 0 Å². The number of piperazine rings is 1. The third-order valence-electron chi connectivity index (χ3n) is 6.73. The van der Waals surface area contributed by atoms with E-state index in [9.17, 15) is 16.8 Å². The van der Waals surface area contributed by atoms with E-state index in [-0.39, 0.29) is 40.3 Å². The van der Waals surface area contributed by atoms with Crippen molar-refractivity contribution in [2.75, 3.05) is 33.9 Å². The van der Waals surface area contributed by atoms with Gasteiger partial charge in [-0.05, 0) is 54.2 Å². The van der Waals surface area contributed by atoms with E-state index in [1.165, 1.54) is 8.61 Å². The number of sulfonamides is 2. The second kappa shape index (κ2) is 10.2. The van der Waals surface area contributed by atoms with Crippen LogP contribution >= 0.6 is 0 Å². The van der Waals surface area contributed by atoms with Gasteiger partial charge in [-0.15, -0.1) is 0 Å². The second-order valence-corrected chi connectivity index (χ2v) is 15.4. The van der Waals surface area contributed by atoms with Crippen molar-refractivity contribution in [3.63, 3.8) is 0 Å². The van der Waals surface area contributed by atoms with Crippen molar-refractivity contribution in [3.8, 4) is 11.5 Å². The Morgan fingerprint density at radius 1 is 0.730 bits per heavy atom. The lowest BCUT2D eigenvalue weighted by molar-refractivity contribution is 0.212. The molecule has 0 N–H and O–H groups in total. The molecular weight excluding hydrogens is 512 g/mol. The first-order chi connectivity index (χ1) is 16.9. The lowest BCUT2D eigenvalue weighted by atomic mass is 9.86. The van der Waals surface area contributed by atoms with E-state index < -0.39 is 26.1 Å². The Labute approximate surface area is 222 Å². The van der Waals surface area contributed by atoms with Crippen molar-refractivity contribution in [3.05, 3.63) is 47.5 Å². The average Bonchev–Trinajstić information content (AvgIpc) is 2.81. The van der Waals surface area contributed by atoms with Gasteiger partial charge in [-0.1, -0.05) is 41.5 Å². The summed E-state index contributed by atoms with van der Waals surface area (Å²) in [5.41, 5.74) is 0.944. The summed E-state index contributed by atoms with van der Waals surface area (Å²) in [5, 5.41) is 0. The van der Waals surface area contributed by atoms with Crippen molar-refractivity contribution in [2.45, 2.75) is 75.1 Å². The average molecular weight is 553 g/mol. The molecule has 37 heavy (non-hydrogen) atoms. The molecule has 0 spiro atoms. The van der Waals surface area contributed by atoms with Gasteiger partial charge in [0.25, 0.3) is 0 Å². The summed E-state index contributed by atoms with van der Waals surface area (Å²) in [4.78, 5) is 0.345. The number of hydrogen-bond acceptors (Lipinski definition) is 6. The van der Waals surface area contributed by atoms with Crippen LogP contribution in [0.2, 0.25) is 0 Å². The first kappa shape index (κ1) is 29.4. The number of ether oxygens (including phenoxy) is 2. The molecule has 1 aliphatic rings. The van der Waals surface area contributed by atoms with Crippen LogP contribution in [0.3, 0.4) is 0 Å². The first-order valence-corrected chi connectivity index (χ1v) is 15.2. The fourth-order valence-corrected chi connectivity index (χ4v) is 7.81. The molecule has 206 valence electrons. The van der Waals surface area contributed by atoms with E-state index in [1.807, 2.05) is 41.5 Å². The highest BCUT2D eigenvalue weighted by Crippen LogP contribution is 2.36. The minimum atomic E-state index is -3.85. The third-order valence-corrected chi connectivity index (χ3v) is 10.6. The molecule has 1 heterocycles. The molecule has 2 aromatic carbocycles. The molecule has 0 amide bonds. The highest BCUT2D eigenvalue weighted by atomic mass is 32.2. The minimum Gasteiger partial charge on any atom is -0.496 e. The van der Waals surface area contributed by atoms with Crippen LogP contribution in [0, 0.1) is 0 Å². The predicted molar refractivity (Wildman–Crippen MR) is 146 cm³/mol. The second-order valence-electron chi connectivity index (χ2n) is 11.6. The maximum Gasteiger partial charge on any atom is 0.243 e. The Morgan fingerprint density at radius 3 is 1.54 bits per heavy atom. The van der Waals surface area contributed by atoms with E-state index in [0.717, 1.165) is 11.1 Å². The number of hydrogen-bond donors (Lipinski definition) is 0. The molecule has 0 bridgehead atoms. The zero-order chi connectivity index (χ0) is 28.0. The molecule has 1 atom stereocenters. The third kappa shape index (κ3) is 5.82. The summed E-state index contributed by atoms with van der Waals surface area (Å²) in [7, 11) is -4.55. The van der Waals surface area contributed by atoms with Crippen molar-refractivity contribution < 1.29 is 26.3 Å². The van der Waals surface area contributed by atoms with Crippen molar-refractivity contribution in [1.82, 2.24) is 8.61 Å². The molecule has 8 nitrogen and oxygen atoms in total. The zero-order valence-corrected chi connectivity index (χ0v) is 25.0. The maximum absolute atomic E-state index is 13.6. The Balaban J connectivity index is 1.90. The van der Waals surface area contributed by atoms with Gasteiger partial charge in [-0.3, -0.25) is 0 Å².